The van der Waals surface area contributed by atoms with Gasteiger partial charge in [0.25, 0.3) is 0 Å². The minimum Gasteiger partial charge on any atom is -0.474 e. The first-order valence-corrected chi connectivity index (χ1v) is 8.41. The molecular formula is C14H25N3O4S. The average Bonchev–Trinajstić information content (AvgIpc) is 2.42. The maximum Gasteiger partial charge on any atom is 0.247 e. The van der Waals surface area contributed by atoms with Crippen LogP contribution in [-0.4, -0.2) is 61.7 Å². The number of aromatic nitrogens is 1. The molecule has 0 saturated carbocycles. The largest absolute Gasteiger partial charge is 0.474 e. The molecule has 0 amide bonds. The molecule has 0 saturated heterocycles. The number of aliphatic hydroxyl groups excluding tert-OH is 1. The molecule has 0 unspecified atom stereocenters. The molecule has 8 heteroatoms. The van der Waals surface area contributed by atoms with Crippen LogP contribution in [0, 0.1) is 0 Å². The molecule has 0 aromatic carbocycles. The highest BCUT2D eigenvalue weighted by Crippen LogP contribution is 2.22. The molecule has 0 aliphatic heterocycles. The summed E-state index contributed by atoms with van der Waals surface area (Å²) in [6.07, 6.45) is 0.681. The molecule has 0 bridgehead atoms. The molecule has 1 rings (SSSR count). The van der Waals surface area contributed by atoms with Crippen molar-refractivity contribution in [1.82, 2.24) is 14.6 Å². The summed E-state index contributed by atoms with van der Waals surface area (Å²) in [5, 5.41) is 13.0. The summed E-state index contributed by atoms with van der Waals surface area (Å²) in [4.78, 5) is 3.93. The zero-order valence-corrected chi connectivity index (χ0v) is 14.5. The number of hydrogen-bond donors (Lipinski definition) is 2. The van der Waals surface area contributed by atoms with Crippen molar-refractivity contribution in [2.75, 3.05) is 27.2 Å². The molecule has 126 valence electrons. The van der Waals surface area contributed by atoms with Crippen LogP contribution < -0.4 is 10.1 Å². The first kappa shape index (κ1) is 18.8. The highest BCUT2D eigenvalue weighted by Gasteiger charge is 2.23. The third-order valence-electron chi connectivity index (χ3n) is 2.78. The first-order valence-electron chi connectivity index (χ1n) is 6.97. The molecule has 0 spiro atoms. The Hall–Kier alpha value is -1.22. The Morgan fingerprint density at radius 2 is 2.05 bits per heavy atom. The van der Waals surface area contributed by atoms with Gasteiger partial charge in [0.2, 0.25) is 15.9 Å². The maximum atomic E-state index is 12.2. The van der Waals surface area contributed by atoms with Crippen molar-refractivity contribution in [3.63, 3.8) is 0 Å². The van der Waals surface area contributed by atoms with E-state index in [0.29, 0.717) is 6.54 Å². The van der Waals surface area contributed by atoms with E-state index in [1.807, 2.05) is 20.8 Å². The SMILES string of the molecule is CN(C)S(=O)(=O)c1cccnc1OC[C@H](O)CNC(C)(C)C. The predicted molar refractivity (Wildman–Crippen MR) is 84.4 cm³/mol. The van der Waals surface area contributed by atoms with Gasteiger partial charge in [-0.25, -0.2) is 17.7 Å². The Kier molecular flexibility index (Phi) is 6.30. The number of pyridine rings is 1. The molecule has 0 aliphatic carbocycles. The molecule has 22 heavy (non-hydrogen) atoms. The Balaban J connectivity index is 2.76. The van der Waals surface area contributed by atoms with Gasteiger partial charge in [-0.15, -0.1) is 0 Å². The van der Waals surface area contributed by atoms with Crippen LogP contribution in [-0.2, 0) is 10.0 Å². The smallest absolute Gasteiger partial charge is 0.247 e. The van der Waals surface area contributed by atoms with Gasteiger partial charge in [0, 0.05) is 32.4 Å². The van der Waals surface area contributed by atoms with Crippen LogP contribution in [0.2, 0.25) is 0 Å². The molecule has 1 aromatic rings. The highest BCUT2D eigenvalue weighted by molar-refractivity contribution is 7.89. The lowest BCUT2D eigenvalue weighted by Crippen LogP contribution is -2.42. The van der Waals surface area contributed by atoms with Crippen molar-refractivity contribution in [3.05, 3.63) is 18.3 Å². The average molecular weight is 331 g/mol. The number of ether oxygens (including phenoxy) is 1. The van der Waals surface area contributed by atoms with Crippen molar-refractivity contribution < 1.29 is 18.3 Å². The van der Waals surface area contributed by atoms with Crippen LogP contribution in [0.4, 0.5) is 0 Å². The van der Waals surface area contributed by atoms with Crippen molar-refractivity contribution in [2.24, 2.45) is 0 Å². The van der Waals surface area contributed by atoms with E-state index in [9.17, 15) is 13.5 Å². The van der Waals surface area contributed by atoms with Gasteiger partial charge in [-0.3, -0.25) is 0 Å². The lowest BCUT2D eigenvalue weighted by Gasteiger charge is -2.23. The number of hydrogen-bond acceptors (Lipinski definition) is 6. The van der Waals surface area contributed by atoms with Crippen LogP contribution >= 0.6 is 0 Å². The van der Waals surface area contributed by atoms with E-state index >= 15 is 0 Å². The zero-order valence-electron chi connectivity index (χ0n) is 13.7. The minimum atomic E-state index is -3.64. The summed E-state index contributed by atoms with van der Waals surface area (Å²) in [6, 6.07) is 2.96. The Morgan fingerprint density at radius 1 is 1.41 bits per heavy atom. The van der Waals surface area contributed by atoms with Gasteiger partial charge in [-0.05, 0) is 32.9 Å². The van der Waals surface area contributed by atoms with Crippen LogP contribution in [0.1, 0.15) is 20.8 Å². The van der Waals surface area contributed by atoms with E-state index in [1.165, 1.54) is 32.4 Å². The number of aliphatic hydroxyl groups is 1. The van der Waals surface area contributed by atoms with Crippen LogP contribution in [0.25, 0.3) is 0 Å². The minimum absolute atomic E-state index is 0.00833. The number of nitrogens with zero attached hydrogens (tertiary/aromatic N) is 2. The van der Waals surface area contributed by atoms with Crippen molar-refractivity contribution in [3.8, 4) is 5.88 Å². The summed E-state index contributed by atoms with van der Waals surface area (Å²) in [7, 11) is -0.765. The fraction of sp³-hybridized carbons (Fsp3) is 0.643. The quantitative estimate of drug-likeness (QED) is 0.754. The van der Waals surface area contributed by atoms with E-state index in [-0.39, 0.29) is 22.9 Å². The van der Waals surface area contributed by atoms with Crippen molar-refractivity contribution in [2.45, 2.75) is 37.3 Å². The number of β-amino-alcohol motifs (C(OH)–C–C–N with tert-alkyl or cyclic N) is 1. The van der Waals surface area contributed by atoms with Gasteiger partial charge in [-0.2, -0.15) is 0 Å². The fourth-order valence-electron chi connectivity index (χ4n) is 1.54. The number of sulfonamides is 1. The molecule has 1 aromatic heterocycles. The molecule has 0 aliphatic rings. The Labute approximate surface area is 132 Å². The summed E-state index contributed by atoms with van der Waals surface area (Å²) >= 11 is 0. The standard InChI is InChI=1S/C14H25N3O4S/c1-14(2,3)16-9-11(18)10-21-13-12(7-6-8-15-13)22(19,20)17(4)5/h6-8,11,16,18H,9-10H2,1-5H3/t11-/m1/s1. The molecule has 0 radical (unpaired) electrons. The second kappa shape index (κ2) is 7.36. The Morgan fingerprint density at radius 3 is 2.59 bits per heavy atom. The number of nitrogens with one attached hydrogen (secondary N) is 1. The molecule has 7 nitrogen and oxygen atoms in total. The molecule has 0 fully saturated rings. The normalized spacial score (nSPS) is 14.1. The van der Waals surface area contributed by atoms with E-state index in [2.05, 4.69) is 10.3 Å². The highest BCUT2D eigenvalue weighted by atomic mass is 32.2. The number of rotatable bonds is 7. The summed E-state index contributed by atoms with van der Waals surface area (Å²) in [5.41, 5.74) is -0.120. The lowest BCUT2D eigenvalue weighted by atomic mass is 10.1. The molecule has 2 N–H and O–H groups in total. The fourth-order valence-corrected chi connectivity index (χ4v) is 2.51. The predicted octanol–water partition coefficient (Wildman–Crippen LogP) is 0.460. The van der Waals surface area contributed by atoms with E-state index in [0.717, 1.165) is 4.31 Å². The molecule has 1 heterocycles. The molecular weight excluding hydrogens is 306 g/mol. The summed E-state index contributed by atoms with van der Waals surface area (Å²) in [5.74, 6) is -0.00833. The third-order valence-corrected chi connectivity index (χ3v) is 4.60. The lowest BCUT2D eigenvalue weighted by molar-refractivity contribution is 0.0960. The van der Waals surface area contributed by atoms with E-state index in [1.54, 1.807) is 0 Å². The zero-order chi connectivity index (χ0) is 17.0. The van der Waals surface area contributed by atoms with Gasteiger partial charge in [-0.1, -0.05) is 0 Å². The van der Waals surface area contributed by atoms with Gasteiger partial charge >= 0.3 is 0 Å². The van der Waals surface area contributed by atoms with Gasteiger partial charge < -0.3 is 15.2 Å². The molecule has 1 atom stereocenters. The first-order chi connectivity index (χ1) is 10.0. The van der Waals surface area contributed by atoms with Gasteiger partial charge in [0.1, 0.15) is 17.6 Å². The van der Waals surface area contributed by atoms with Gasteiger partial charge in [0.15, 0.2) is 0 Å². The maximum absolute atomic E-state index is 12.2. The second-order valence-electron chi connectivity index (χ2n) is 6.19. The van der Waals surface area contributed by atoms with Crippen LogP contribution in [0.3, 0.4) is 0 Å². The van der Waals surface area contributed by atoms with Gasteiger partial charge in [0.05, 0.1) is 0 Å². The summed E-state index contributed by atoms with van der Waals surface area (Å²) in [6.45, 7) is 6.26. The van der Waals surface area contributed by atoms with Crippen LogP contribution in [0.5, 0.6) is 5.88 Å². The monoisotopic (exact) mass is 331 g/mol. The second-order valence-corrected chi connectivity index (χ2v) is 8.31. The van der Waals surface area contributed by atoms with E-state index in [4.69, 9.17) is 4.74 Å². The van der Waals surface area contributed by atoms with Crippen molar-refractivity contribution >= 4 is 10.0 Å². The van der Waals surface area contributed by atoms with Crippen molar-refractivity contribution in [1.29, 1.82) is 0 Å². The topological polar surface area (TPSA) is 91.8 Å². The Bertz CT molecular complexity index is 582. The third kappa shape index (κ3) is 5.53. The van der Waals surface area contributed by atoms with Crippen LogP contribution in [0.15, 0.2) is 23.2 Å². The summed E-state index contributed by atoms with van der Waals surface area (Å²) < 4.78 is 30.9. The van der Waals surface area contributed by atoms with E-state index < -0.39 is 16.1 Å².